The molecule has 1 heterocycles. The summed E-state index contributed by atoms with van der Waals surface area (Å²) in [6, 6.07) is 9.01. The van der Waals surface area contributed by atoms with Crippen LogP contribution in [0, 0.1) is 6.92 Å². The van der Waals surface area contributed by atoms with Crippen molar-refractivity contribution in [2.75, 3.05) is 5.75 Å². The molecule has 0 radical (unpaired) electrons. The number of ether oxygens (including phenoxy) is 1. The SMILES string of the molecule is Cc1cc(SCCc2nc(-c3ccc(C(F)(F)F)c(Cl)c3)ns2)ccc1OC(C)(C)C(=O)O. The molecule has 0 bridgehead atoms. The van der Waals surface area contributed by atoms with E-state index >= 15 is 0 Å². The number of alkyl halides is 3. The van der Waals surface area contributed by atoms with Crippen LogP contribution in [0.25, 0.3) is 11.4 Å². The van der Waals surface area contributed by atoms with Gasteiger partial charge in [-0.05, 0) is 68.2 Å². The number of nitrogens with zero attached hydrogens (tertiary/aromatic N) is 2. The van der Waals surface area contributed by atoms with Crippen LogP contribution in [0.15, 0.2) is 41.3 Å². The molecule has 1 aromatic heterocycles. The maximum atomic E-state index is 12.9. The Bertz CT molecular complexity index is 1170. The van der Waals surface area contributed by atoms with Gasteiger partial charge in [-0.25, -0.2) is 9.78 Å². The Balaban J connectivity index is 1.60. The van der Waals surface area contributed by atoms with E-state index in [4.69, 9.17) is 16.3 Å². The minimum Gasteiger partial charge on any atom is -0.478 e. The molecule has 3 aromatic rings. The van der Waals surface area contributed by atoms with E-state index < -0.39 is 23.3 Å². The Hall–Kier alpha value is -2.30. The van der Waals surface area contributed by atoms with Crippen LogP contribution in [0.5, 0.6) is 5.75 Å². The van der Waals surface area contributed by atoms with Crippen molar-refractivity contribution < 1.29 is 27.8 Å². The predicted octanol–water partition coefficient (Wildman–Crippen LogP) is 6.76. The number of carbonyl (C=O) groups is 1. The molecule has 0 saturated carbocycles. The van der Waals surface area contributed by atoms with E-state index in [9.17, 15) is 23.1 Å². The summed E-state index contributed by atoms with van der Waals surface area (Å²) in [7, 11) is 0. The Morgan fingerprint density at radius 1 is 1.21 bits per heavy atom. The summed E-state index contributed by atoms with van der Waals surface area (Å²) in [6.07, 6.45) is -3.89. The molecular formula is C22H20ClF3N2O3S2. The van der Waals surface area contributed by atoms with Crippen LogP contribution in [0.1, 0.15) is 30.0 Å². The molecule has 0 aliphatic carbocycles. The zero-order valence-electron chi connectivity index (χ0n) is 17.9. The van der Waals surface area contributed by atoms with E-state index in [0.717, 1.165) is 21.5 Å². The maximum absolute atomic E-state index is 12.9. The van der Waals surface area contributed by atoms with Crippen molar-refractivity contribution in [2.24, 2.45) is 0 Å². The van der Waals surface area contributed by atoms with Crippen LogP contribution < -0.4 is 4.74 Å². The summed E-state index contributed by atoms with van der Waals surface area (Å²) in [4.78, 5) is 16.7. The number of halogens is 4. The Kier molecular flexibility index (Phi) is 7.60. The Morgan fingerprint density at radius 2 is 1.94 bits per heavy atom. The van der Waals surface area contributed by atoms with Crippen molar-refractivity contribution in [3.8, 4) is 17.1 Å². The highest BCUT2D eigenvalue weighted by atomic mass is 35.5. The van der Waals surface area contributed by atoms with Gasteiger partial charge in [0.2, 0.25) is 0 Å². The van der Waals surface area contributed by atoms with Gasteiger partial charge in [0.1, 0.15) is 10.8 Å². The van der Waals surface area contributed by atoms with Gasteiger partial charge in [0.05, 0.1) is 10.6 Å². The smallest absolute Gasteiger partial charge is 0.417 e. The second-order valence-electron chi connectivity index (χ2n) is 7.65. The van der Waals surface area contributed by atoms with Crippen LogP contribution in [0.3, 0.4) is 0 Å². The van der Waals surface area contributed by atoms with Crippen molar-refractivity contribution in [2.45, 2.75) is 43.9 Å². The predicted molar refractivity (Wildman–Crippen MR) is 123 cm³/mol. The zero-order chi connectivity index (χ0) is 24.4. The molecule has 11 heteroatoms. The third kappa shape index (κ3) is 6.39. The zero-order valence-corrected chi connectivity index (χ0v) is 20.3. The number of carboxylic acids is 1. The molecule has 3 rings (SSSR count). The normalized spacial score (nSPS) is 12.1. The number of thioether (sulfide) groups is 1. The number of carboxylic acid groups (broad SMARTS) is 1. The summed E-state index contributed by atoms with van der Waals surface area (Å²) in [5.41, 5.74) is -0.963. The van der Waals surface area contributed by atoms with Crippen LogP contribution >= 0.6 is 34.9 Å². The van der Waals surface area contributed by atoms with Crippen LogP contribution in [-0.2, 0) is 17.4 Å². The summed E-state index contributed by atoms with van der Waals surface area (Å²) in [6.45, 7) is 4.84. The standard InChI is InChI=1S/C22H20ClF3N2O3S2/c1-12-10-14(5-7-17(12)31-21(2,3)20(29)30)32-9-8-18-27-19(28-33-18)13-4-6-15(16(23)11-13)22(24,25)26/h4-7,10-11H,8-9H2,1-3H3,(H,29,30). The van der Waals surface area contributed by atoms with Gasteiger partial charge in [-0.1, -0.05) is 17.7 Å². The van der Waals surface area contributed by atoms with Crippen LogP contribution in [0.2, 0.25) is 5.02 Å². The minimum absolute atomic E-state index is 0.342. The summed E-state index contributed by atoms with van der Waals surface area (Å²) >= 11 is 8.57. The first-order chi connectivity index (χ1) is 15.4. The van der Waals surface area contributed by atoms with Gasteiger partial charge < -0.3 is 9.84 Å². The average molecular weight is 517 g/mol. The van der Waals surface area contributed by atoms with E-state index in [1.807, 2.05) is 19.1 Å². The molecule has 0 aliphatic heterocycles. The van der Waals surface area contributed by atoms with E-state index in [1.165, 1.54) is 37.5 Å². The van der Waals surface area contributed by atoms with E-state index in [-0.39, 0.29) is 5.02 Å². The lowest BCUT2D eigenvalue weighted by Gasteiger charge is -2.23. The molecule has 0 spiro atoms. The highest BCUT2D eigenvalue weighted by Crippen LogP contribution is 2.36. The Morgan fingerprint density at radius 3 is 2.55 bits per heavy atom. The van der Waals surface area contributed by atoms with E-state index in [2.05, 4.69) is 9.36 Å². The summed E-state index contributed by atoms with van der Waals surface area (Å²) < 4.78 is 48.5. The second-order valence-corrected chi connectivity index (χ2v) is 10.1. The minimum atomic E-state index is -4.51. The highest BCUT2D eigenvalue weighted by Gasteiger charge is 2.33. The molecule has 176 valence electrons. The molecule has 0 saturated heterocycles. The summed E-state index contributed by atoms with van der Waals surface area (Å²) in [5.74, 6) is 0.517. The van der Waals surface area contributed by atoms with Crippen molar-refractivity contribution in [1.82, 2.24) is 9.36 Å². The van der Waals surface area contributed by atoms with Gasteiger partial charge in [-0.3, -0.25) is 0 Å². The largest absolute Gasteiger partial charge is 0.478 e. The second kappa shape index (κ2) is 9.90. The van der Waals surface area contributed by atoms with Gasteiger partial charge >= 0.3 is 12.1 Å². The maximum Gasteiger partial charge on any atom is 0.417 e. The van der Waals surface area contributed by atoms with Gasteiger partial charge in [0, 0.05) is 22.6 Å². The number of rotatable bonds is 8. The molecule has 5 nitrogen and oxygen atoms in total. The lowest BCUT2D eigenvalue weighted by molar-refractivity contribution is -0.152. The number of aromatic nitrogens is 2. The van der Waals surface area contributed by atoms with Gasteiger partial charge in [-0.2, -0.15) is 17.5 Å². The molecule has 0 aliphatic rings. The van der Waals surface area contributed by atoms with E-state index in [1.54, 1.807) is 17.8 Å². The monoisotopic (exact) mass is 516 g/mol. The van der Waals surface area contributed by atoms with Gasteiger partial charge in [0.15, 0.2) is 11.4 Å². The van der Waals surface area contributed by atoms with Crippen molar-refractivity contribution in [3.05, 3.63) is 57.6 Å². The molecule has 0 atom stereocenters. The number of hydrogen-bond donors (Lipinski definition) is 1. The number of aliphatic carboxylic acids is 1. The molecule has 2 aromatic carbocycles. The van der Waals surface area contributed by atoms with Gasteiger partial charge in [-0.15, -0.1) is 11.8 Å². The topological polar surface area (TPSA) is 72.3 Å². The first-order valence-corrected chi connectivity index (χ1v) is 11.9. The first-order valence-electron chi connectivity index (χ1n) is 9.72. The van der Waals surface area contributed by atoms with Crippen molar-refractivity contribution in [3.63, 3.8) is 0 Å². The van der Waals surface area contributed by atoms with Crippen molar-refractivity contribution >= 4 is 40.9 Å². The fourth-order valence-electron chi connectivity index (χ4n) is 2.76. The molecule has 0 fully saturated rings. The van der Waals surface area contributed by atoms with E-state index in [0.29, 0.717) is 29.3 Å². The lowest BCUT2D eigenvalue weighted by Crippen LogP contribution is -2.38. The fraction of sp³-hybridized carbons (Fsp3) is 0.318. The Labute approximate surface area is 202 Å². The first kappa shape index (κ1) is 25.3. The number of aryl methyl sites for hydroxylation is 2. The quantitative estimate of drug-likeness (QED) is 0.333. The van der Waals surface area contributed by atoms with Crippen molar-refractivity contribution in [1.29, 1.82) is 0 Å². The van der Waals surface area contributed by atoms with Crippen LogP contribution in [-0.4, -0.2) is 31.8 Å². The van der Waals surface area contributed by atoms with Crippen LogP contribution in [0.4, 0.5) is 13.2 Å². The molecular weight excluding hydrogens is 497 g/mol. The lowest BCUT2D eigenvalue weighted by atomic mass is 10.1. The molecule has 33 heavy (non-hydrogen) atoms. The van der Waals surface area contributed by atoms with Gasteiger partial charge in [0.25, 0.3) is 0 Å². The third-order valence-corrected chi connectivity index (χ3v) is 6.69. The number of benzene rings is 2. The number of hydrogen-bond acceptors (Lipinski definition) is 6. The molecule has 0 amide bonds. The fourth-order valence-corrected chi connectivity index (χ4v) is 4.79. The summed E-state index contributed by atoms with van der Waals surface area (Å²) in [5, 5.41) is 9.58. The molecule has 0 unspecified atom stereocenters. The molecule has 1 N–H and O–H groups in total. The third-order valence-electron chi connectivity index (χ3n) is 4.61. The average Bonchev–Trinajstić information content (AvgIpc) is 3.17. The highest BCUT2D eigenvalue weighted by molar-refractivity contribution is 7.99.